The minimum atomic E-state index is -3.85. The molecule has 1 N–H and O–H groups in total. The molecule has 3 aromatic rings. The van der Waals surface area contributed by atoms with Crippen molar-refractivity contribution in [1.29, 1.82) is 0 Å². The zero-order chi connectivity index (χ0) is 17.7. The Labute approximate surface area is 146 Å². The Balaban J connectivity index is 1.74. The molecule has 25 heavy (non-hydrogen) atoms. The number of phenolic OH excluding ortho intramolecular Hbond substituents is 1. The maximum Gasteiger partial charge on any atom is 0.339 e. The predicted octanol–water partition coefficient (Wildman–Crippen LogP) is 3.91. The molecule has 0 aliphatic rings. The Kier molecular flexibility index (Phi) is 4.81. The van der Waals surface area contributed by atoms with Crippen LogP contribution >= 0.6 is 0 Å². The predicted molar refractivity (Wildman–Crippen MR) is 96.1 cm³/mol. The number of hydrogen-bond donors (Lipinski definition) is 1. The molecule has 0 atom stereocenters. The van der Waals surface area contributed by atoms with Crippen molar-refractivity contribution in [2.24, 2.45) is 4.99 Å². The van der Waals surface area contributed by atoms with Gasteiger partial charge in [-0.3, -0.25) is 4.99 Å². The molecule has 3 aromatic carbocycles. The molecule has 0 saturated carbocycles. The smallest absolute Gasteiger partial charge is 0.339 e. The van der Waals surface area contributed by atoms with Crippen LogP contribution in [0.15, 0.2) is 88.8 Å². The minimum Gasteiger partial charge on any atom is -0.506 e. The number of rotatable bonds is 5. The van der Waals surface area contributed by atoms with Crippen LogP contribution in [0.2, 0.25) is 0 Å². The average Bonchev–Trinajstić information content (AvgIpc) is 2.63. The largest absolute Gasteiger partial charge is 0.506 e. The molecule has 0 radical (unpaired) electrons. The van der Waals surface area contributed by atoms with Gasteiger partial charge in [-0.1, -0.05) is 30.3 Å². The van der Waals surface area contributed by atoms with Crippen LogP contribution in [0.25, 0.3) is 0 Å². The fourth-order valence-electron chi connectivity index (χ4n) is 2.09. The van der Waals surface area contributed by atoms with E-state index >= 15 is 0 Å². The van der Waals surface area contributed by atoms with E-state index in [2.05, 4.69) is 4.99 Å². The van der Waals surface area contributed by atoms with Crippen LogP contribution in [0, 0.1) is 0 Å². The van der Waals surface area contributed by atoms with Crippen molar-refractivity contribution in [1.82, 2.24) is 0 Å². The molecule has 0 heterocycles. The molecule has 0 fully saturated rings. The number of aliphatic imine (C=N–C) groups is 1. The molecule has 3 rings (SSSR count). The van der Waals surface area contributed by atoms with Crippen molar-refractivity contribution in [3.63, 3.8) is 0 Å². The van der Waals surface area contributed by atoms with E-state index in [9.17, 15) is 13.5 Å². The fraction of sp³-hybridized carbons (Fsp3) is 0. The van der Waals surface area contributed by atoms with Gasteiger partial charge in [-0.2, -0.15) is 8.42 Å². The summed E-state index contributed by atoms with van der Waals surface area (Å²) in [7, 11) is -3.85. The molecule has 0 aromatic heterocycles. The molecular weight excluding hydrogens is 338 g/mol. The summed E-state index contributed by atoms with van der Waals surface area (Å²) >= 11 is 0. The summed E-state index contributed by atoms with van der Waals surface area (Å²) in [4.78, 5) is 4.29. The zero-order valence-corrected chi connectivity index (χ0v) is 13.9. The summed E-state index contributed by atoms with van der Waals surface area (Å²) in [5.41, 5.74) is 1.20. The van der Waals surface area contributed by atoms with E-state index in [4.69, 9.17) is 4.18 Å². The molecule has 6 heteroatoms. The fourth-order valence-corrected chi connectivity index (χ4v) is 3.04. The number of para-hydroxylation sites is 2. The lowest BCUT2D eigenvalue weighted by Gasteiger charge is -2.07. The summed E-state index contributed by atoms with van der Waals surface area (Å²) in [6.45, 7) is 0. The Morgan fingerprint density at radius 1 is 0.840 bits per heavy atom. The molecule has 0 amide bonds. The first-order chi connectivity index (χ1) is 12.0. The highest BCUT2D eigenvalue weighted by atomic mass is 32.2. The summed E-state index contributed by atoms with van der Waals surface area (Å²) in [5, 5.41) is 9.67. The molecule has 0 aliphatic carbocycles. The third kappa shape index (κ3) is 4.24. The van der Waals surface area contributed by atoms with Crippen molar-refractivity contribution in [3.8, 4) is 11.5 Å². The van der Waals surface area contributed by atoms with Crippen molar-refractivity contribution in [2.75, 3.05) is 0 Å². The van der Waals surface area contributed by atoms with Gasteiger partial charge in [0.2, 0.25) is 0 Å². The maximum atomic E-state index is 12.2. The second-order valence-electron chi connectivity index (χ2n) is 5.17. The average molecular weight is 353 g/mol. The zero-order valence-electron chi connectivity index (χ0n) is 13.1. The van der Waals surface area contributed by atoms with Crippen molar-refractivity contribution in [3.05, 3.63) is 84.4 Å². The van der Waals surface area contributed by atoms with E-state index in [1.54, 1.807) is 72.9 Å². The standard InChI is InChI=1S/C19H15NO4S/c21-19-9-5-4-8-18(19)20-14-15-10-12-16(13-11-15)24-25(22,23)17-6-2-1-3-7-17/h1-14,21H. The Morgan fingerprint density at radius 2 is 1.48 bits per heavy atom. The normalized spacial score (nSPS) is 11.5. The van der Waals surface area contributed by atoms with Crippen LogP contribution in [0.1, 0.15) is 5.56 Å². The number of phenols is 1. The Hall–Kier alpha value is -3.12. The summed E-state index contributed by atoms with van der Waals surface area (Å²) in [5.74, 6) is 0.302. The highest BCUT2D eigenvalue weighted by Gasteiger charge is 2.15. The molecule has 0 spiro atoms. The van der Waals surface area contributed by atoms with Gasteiger partial charge in [-0.05, 0) is 54.1 Å². The second-order valence-corrected chi connectivity index (χ2v) is 6.71. The van der Waals surface area contributed by atoms with Gasteiger partial charge in [0.05, 0.1) is 0 Å². The number of hydrogen-bond acceptors (Lipinski definition) is 5. The SMILES string of the molecule is O=S(=O)(Oc1ccc(C=Nc2ccccc2O)cc1)c1ccccc1. The summed E-state index contributed by atoms with van der Waals surface area (Å²) in [6, 6.07) is 21.1. The minimum absolute atomic E-state index is 0.0904. The first kappa shape index (κ1) is 16.7. The van der Waals surface area contributed by atoms with Crippen molar-refractivity contribution >= 4 is 22.0 Å². The summed E-state index contributed by atoms with van der Waals surface area (Å²) < 4.78 is 29.4. The van der Waals surface area contributed by atoms with E-state index in [1.807, 2.05) is 0 Å². The Morgan fingerprint density at radius 3 is 2.16 bits per heavy atom. The van der Waals surface area contributed by atoms with Gasteiger partial charge in [-0.25, -0.2) is 0 Å². The van der Waals surface area contributed by atoms with Crippen LogP contribution < -0.4 is 4.18 Å². The Bertz CT molecular complexity index is 981. The number of benzene rings is 3. The van der Waals surface area contributed by atoms with Crippen molar-refractivity contribution < 1.29 is 17.7 Å². The quantitative estimate of drug-likeness (QED) is 0.557. The molecule has 0 unspecified atom stereocenters. The number of nitrogens with zero attached hydrogens (tertiary/aromatic N) is 1. The lowest BCUT2D eigenvalue weighted by Crippen LogP contribution is -2.09. The lowest BCUT2D eigenvalue weighted by atomic mass is 10.2. The van der Waals surface area contributed by atoms with Crippen LogP contribution in [-0.4, -0.2) is 19.7 Å². The van der Waals surface area contributed by atoms with Gasteiger partial charge in [-0.15, -0.1) is 0 Å². The van der Waals surface area contributed by atoms with Crippen molar-refractivity contribution in [2.45, 2.75) is 4.90 Å². The van der Waals surface area contributed by atoms with Crippen LogP contribution in [0.5, 0.6) is 11.5 Å². The first-order valence-corrected chi connectivity index (χ1v) is 8.87. The van der Waals surface area contributed by atoms with Gasteiger partial charge in [0, 0.05) is 6.21 Å². The topological polar surface area (TPSA) is 76.0 Å². The highest BCUT2D eigenvalue weighted by Crippen LogP contribution is 2.25. The van der Waals surface area contributed by atoms with E-state index in [0.717, 1.165) is 5.56 Å². The van der Waals surface area contributed by atoms with Gasteiger partial charge in [0.15, 0.2) is 0 Å². The van der Waals surface area contributed by atoms with Gasteiger partial charge < -0.3 is 9.29 Å². The van der Waals surface area contributed by atoms with E-state index in [1.165, 1.54) is 12.1 Å². The van der Waals surface area contributed by atoms with Crippen LogP contribution in [0.3, 0.4) is 0 Å². The molecule has 5 nitrogen and oxygen atoms in total. The molecule has 0 bridgehead atoms. The van der Waals surface area contributed by atoms with Crippen LogP contribution in [0.4, 0.5) is 5.69 Å². The van der Waals surface area contributed by atoms with E-state index < -0.39 is 10.1 Å². The molecule has 0 aliphatic heterocycles. The first-order valence-electron chi connectivity index (χ1n) is 7.46. The number of aromatic hydroxyl groups is 1. The van der Waals surface area contributed by atoms with Gasteiger partial charge in [0.1, 0.15) is 22.1 Å². The monoisotopic (exact) mass is 353 g/mol. The highest BCUT2D eigenvalue weighted by molar-refractivity contribution is 7.87. The van der Waals surface area contributed by atoms with Gasteiger partial charge in [0.25, 0.3) is 0 Å². The van der Waals surface area contributed by atoms with Gasteiger partial charge >= 0.3 is 10.1 Å². The third-order valence-electron chi connectivity index (χ3n) is 3.35. The van der Waals surface area contributed by atoms with E-state index in [0.29, 0.717) is 5.69 Å². The molecule has 126 valence electrons. The van der Waals surface area contributed by atoms with Crippen LogP contribution in [-0.2, 0) is 10.1 Å². The molecule has 0 saturated heterocycles. The lowest BCUT2D eigenvalue weighted by molar-refractivity contribution is 0.477. The summed E-state index contributed by atoms with van der Waals surface area (Å²) in [6.07, 6.45) is 1.57. The van der Waals surface area contributed by atoms with E-state index in [-0.39, 0.29) is 16.4 Å². The second kappa shape index (κ2) is 7.19. The molecular formula is C19H15NO4S. The third-order valence-corrected chi connectivity index (χ3v) is 4.61. The maximum absolute atomic E-state index is 12.2.